The molecule has 0 radical (unpaired) electrons. The van der Waals surface area contributed by atoms with Gasteiger partial charge < -0.3 is 15.0 Å². The van der Waals surface area contributed by atoms with Gasteiger partial charge in [-0.3, -0.25) is 9.59 Å². The third kappa shape index (κ3) is 5.13. The average Bonchev–Trinajstić information content (AvgIpc) is 2.73. The van der Waals surface area contributed by atoms with Crippen LogP contribution in [0, 0.1) is 11.7 Å². The van der Waals surface area contributed by atoms with Gasteiger partial charge >= 0.3 is 0 Å². The summed E-state index contributed by atoms with van der Waals surface area (Å²) in [4.78, 5) is 26.8. The number of nitrogens with one attached hydrogen (secondary N) is 1. The number of piperidine rings is 1. The zero-order valence-corrected chi connectivity index (χ0v) is 16.9. The molecule has 154 valence electrons. The molecule has 0 aliphatic carbocycles. The molecule has 6 heteroatoms. The van der Waals surface area contributed by atoms with Crippen molar-refractivity contribution in [3.63, 3.8) is 0 Å². The smallest absolute Gasteiger partial charge is 0.225 e. The van der Waals surface area contributed by atoms with E-state index in [2.05, 4.69) is 5.32 Å². The molecular weight excluding hydrogens is 371 g/mol. The fraction of sp³-hybridized carbons (Fsp3) is 0.391. The summed E-state index contributed by atoms with van der Waals surface area (Å²) in [5.74, 6) is 0.173. The van der Waals surface area contributed by atoms with Gasteiger partial charge in [0.25, 0.3) is 0 Å². The minimum atomic E-state index is -0.305. The van der Waals surface area contributed by atoms with Crippen LogP contribution in [0.15, 0.2) is 48.5 Å². The normalized spacial score (nSPS) is 19.1. The Balaban J connectivity index is 1.62. The third-order valence-electron chi connectivity index (χ3n) is 5.49. The van der Waals surface area contributed by atoms with E-state index < -0.39 is 0 Å². The number of carbonyl (C=O) groups is 2. The molecule has 29 heavy (non-hydrogen) atoms. The molecule has 2 amide bonds. The van der Waals surface area contributed by atoms with Crippen molar-refractivity contribution in [1.29, 1.82) is 0 Å². The Morgan fingerprint density at radius 2 is 2.00 bits per heavy atom. The van der Waals surface area contributed by atoms with Crippen molar-refractivity contribution in [2.75, 3.05) is 20.7 Å². The van der Waals surface area contributed by atoms with Crippen LogP contribution in [0.1, 0.15) is 36.4 Å². The number of methoxy groups -OCH3 is 1. The molecule has 1 aliphatic rings. The first kappa shape index (κ1) is 20.8. The first-order valence-corrected chi connectivity index (χ1v) is 9.91. The maximum Gasteiger partial charge on any atom is 0.225 e. The number of ether oxygens (including phenoxy) is 1. The van der Waals surface area contributed by atoms with Gasteiger partial charge in [0.2, 0.25) is 11.8 Å². The summed E-state index contributed by atoms with van der Waals surface area (Å²) in [6, 6.07) is 13.7. The van der Waals surface area contributed by atoms with Crippen molar-refractivity contribution in [2.45, 2.75) is 31.7 Å². The van der Waals surface area contributed by atoms with Crippen LogP contribution in [-0.4, -0.2) is 37.4 Å². The van der Waals surface area contributed by atoms with E-state index in [4.69, 9.17) is 4.74 Å². The predicted molar refractivity (Wildman–Crippen MR) is 109 cm³/mol. The molecule has 0 bridgehead atoms. The van der Waals surface area contributed by atoms with Crippen molar-refractivity contribution in [2.24, 2.45) is 5.92 Å². The van der Waals surface area contributed by atoms with Gasteiger partial charge in [-0.05, 0) is 54.7 Å². The van der Waals surface area contributed by atoms with E-state index in [1.165, 1.54) is 12.1 Å². The molecule has 0 spiro atoms. The SMILES string of the molecule is COc1ccc(C2C(C(=O)NCCCc3cccc(F)c3)CCC(=O)N2C)cc1. The molecule has 5 nitrogen and oxygen atoms in total. The zero-order chi connectivity index (χ0) is 20.8. The zero-order valence-electron chi connectivity index (χ0n) is 16.9. The highest BCUT2D eigenvalue weighted by Gasteiger charge is 2.38. The van der Waals surface area contributed by atoms with Crippen LogP contribution in [0.3, 0.4) is 0 Å². The highest BCUT2D eigenvalue weighted by molar-refractivity contribution is 5.84. The lowest BCUT2D eigenvalue weighted by Crippen LogP contribution is -2.46. The summed E-state index contributed by atoms with van der Waals surface area (Å²) in [5, 5.41) is 3.00. The van der Waals surface area contributed by atoms with E-state index in [0.717, 1.165) is 23.3 Å². The molecule has 2 unspecified atom stereocenters. The van der Waals surface area contributed by atoms with Crippen LogP contribution in [-0.2, 0) is 16.0 Å². The van der Waals surface area contributed by atoms with Crippen molar-refractivity contribution < 1.29 is 18.7 Å². The first-order valence-electron chi connectivity index (χ1n) is 9.91. The van der Waals surface area contributed by atoms with Crippen molar-refractivity contribution in [3.05, 3.63) is 65.5 Å². The lowest BCUT2D eigenvalue weighted by atomic mass is 9.84. The minimum absolute atomic E-state index is 0.0426. The monoisotopic (exact) mass is 398 g/mol. The predicted octanol–water partition coefficient (Wildman–Crippen LogP) is 3.49. The van der Waals surface area contributed by atoms with Crippen LogP contribution in [0.2, 0.25) is 0 Å². The lowest BCUT2D eigenvalue weighted by molar-refractivity contribution is -0.141. The second-order valence-corrected chi connectivity index (χ2v) is 7.39. The summed E-state index contributed by atoms with van der Waals surface area (Å²) in [7, 11) is 3.35. The number of rotatable bonds is 7. The molecule has 1 fully saturated rings. The van der Waals surface area contributed by atoms with E-state index in [9.17, 15) is 14.0 Å². The molecule has 2 atom stereocenters. The Bertz CT molecular complexity index is 853. The van der Waals surface area contributed by atoms with E-state index in [0.29, 0.717) is 25.8 Å². The molecular formula is C23H27FN2O3. The Labute approximate surface area is 170 Å². The second-order valence-electron chi connectivity index (χ2n) is 7.39. The maximum absolute atomic E-state index is 13.3. The Hall–Kier alpha value is -2.89. The molecule has 2 aromatic rings. The topological polar surface area (TPSA) is 58.6 Å². The molecule has 1 saturated heterocycles. The molecule has 3 rings (SSSR count). The lowest BCUT2D eigenvalue weighted by Gasteiger charge is -2.38. The van der Waals surface area contributed by atoms with E-state index >= 15 is 0 Å². The summed E-state index contributed by atoms with van der Waals surface area (Å²) in [6.07, 6.45) is 2.31. The van der Waals surface area contributed by atoms with E-state index in [1.54, 1.807) is 25.1 Å². The number of amides is 2. The maximum atomic E-state index is 13.3. The summed E-state index contributed by atoms with van der Waals surface area (Å²) >= 11 is 0. The number of hydrogen-bond acceptors (Lipinski definition) is 3. The van der Waals surface area contributed by atoms with E-state index in [-0.39, 0.29) is 29.6 Å². The molecule has 1 N–H and O–H groups in total. The highest BCUT2D eigenvalue weighted by Crippen LogP contribution is 2.36. The number of benzene rings is 2. The number of aryl methyl sites for hydroxylation is 1. The van der Waals surface area contributed by atoms with Crippen molar-refractivity contribution in [3.8, 4) is 5.75 Å². The number of nitrogens with zero attached hydrogens (tertiary/aromatic N) is 1. The Kier molecular flexibility index (Phi) is 6.86. The summed E-state index contributed by atoms with van der Waals surface area (Å²) < 4.78 is 18.5. The number of likely N-dealkylation sites (tertiary alicyclic amines) is 1. The summed E-state index contributed by atoms with van der Waals surface area (Å²) in [5.41, 5.74) is 1.83. The van der Waals surface area contributed by atoms with Crippen LogP contribution in [0.25, 0.3) is 0 Å². The molecule has 2 aromatic carbocycles. The largest absolute Gasteiger partial charge is 0.497 e. The van der Waals surface area contributed by atoms with Crippen molar-refractivity contribution in [1.82, 2.24) is 10.2 Å². The third-order valence-corrected chi connectivity index (χ3v) is 5.49. The summed E-state index contributed by atoms with van der Waals surface area (Å²) in [6.45, 7) is 0.513. The number of halogens is 1. The first-order chi connectivity index (χ1) is 14.0. The van der Waals surface area contributed by atoms with Crippen molar-refractivity contribution >= 4 is 11.8 Å². The van der Waals surface area contributed by atoms with Gasteiger partial charge in [0.1, 0.15) is 11.6 Å². The van der Waals surface area contributed by atoms with Crippen LogP contribution in [0.5, 0.6) is 5.75 Å². The number of carbonyl (C=O) groups excluding carboxylic acids is 2. The fourth-order valence-corrected chi connectivity index (χ4v) is 3.90. The molecule has 0 aromatic heterocycles. The van der Waals surface area contributed by atoms with Gasteiger partial charge in [0, 0.05) is 20.0 Å². The number of hydrogen-bond donors (Lipinski definition) is 1. The van der Waals surface area contributed by atoms with E-state index in [1.807, 2.05) is 30.3 Å². The Morgan fingerprint density at radius 3 is 2.69 bits per heavy atom. The Morgan fingerprint density at radius 1 is 1.24 bits per heavy atom. The fourth-order valence-electron chi connectivity index (χ4n) is 3.90. The molecule has 1 aliphatic heterocycles. The van der Waals surface area contributed by atoms with Crippen LogP contribution in [0.4, 0.5) is 4.39 Å². The van der Waals surface area contributed by atoms with Gasteiger partial charge in [-0.2, -0.15) is 0 Å². The molecule has 0 saturated carbocycles. The molecule has 1 heterocycles. The standard InChI is InChI=1S/C23H27FN2O3/c1-26-21(27)13-12-20(22(26)17-8-10-19(29-2)11-9-17)23(28)25-14-4-6-16-5-3-7-18(24)15-16/h3,5,7-11,15,20,22H,4,6,12-14H2,1-2H3,(H,25,28). The van der Waals surface area contributed by atoms with Gasteiger partial charge in [-0.25, -0.2) is 4.39 Å². The van der Waals surface area contributed by atoms with Gasteiger partial charge in [-0.1, -0.05) is 24.3 Å². The second kappa shape index (κ2) is 9.54. The van der Waals surface area contributed by atoms with Gasteiger partial charge in [0.05, 0.1) is 19.1 Å². The van der Waals surface area contributed by atoms with Gasteiger partial charge in [0.15, 0.2) is 0 Å². The highest BCUT2D eigenvalue weighted by atomic mass is 19.1. The quantitative estimate of drug-likeness (QED) is 0.727. The van der Waals surface area contributed by atoms with Gasteiger partial charge in [-0.15, -0.1) is 0 Å². The minimum Gasteiger partial charge on any atom is -0.497 e. The van der Waals surface area contributed by atoms with Crippen LogP contribution >= 0.6 is 0 Å². The average molecular weight is 398 g/mol. The van der Waals surface area contributed by atoms with Crippen LogP contribution < -0.4 is 10.1 Å².